The molecule has 2 aromatic rings. The molecule has 1 aromatic carbocycles. The van der Waals surface area contributed by atoms with Crippen molar-refractivity contribution in [1.29, 1.82) is 0 Å². The Bertz CT molecular complexity index is 1430. The predicted octanol–water partition coefficient (Wildman–Crippen LogP) is 1.56. The van der Waals surface area contributed by atoms with Crippen molar-refractivity contribution in [2.75, 3.05) is 23.8 Å². The van der Waals surface area contributed by atoms with E-state index in [1.807, 2.05) is 29.1 Å². The molecule has 41 heavy (non-hydrogen) atoms. The number of aliphatic carboxylic acids is 2. The first kappa shape index (κ1) is 30.1. The number of carboxylic acids is 2. The number of hydrogen-bond donors (Lipinski definition) is 3. The molecule has 2 fully saturated rings. The lowest BCUT2D eigenvalue weighted by Crippen LogP contribution is -2.70. The molecule has 2 amide bonds. The lowest BCUT2D eigenvalue weighted by Gasteiger charge is -2.49. The maximum Gasteiger partial charge on any atom is 0.352 e. The number of rotatable bonds is 10. The summed E-state index contributed by atoms with van der Waals surface area (Å²) in [6.45, 7) is 0.531. The third-order valence-corrected chi connectivity index (χ3v) is 11.0. The molecule has 10 nitrogen and oxygen atoms in total. The monoisotopic (exact) mass is 654 g/mol. The molecule has 3 aliphatic heterocycles. The van der Waals surface area contributed by atoms with E-state index in [9.17, 15) is 29.4 Å². The number of pyridine rings is 1. The number of nitrogens with one attached hydrogen (secondary N) is 2. The van der Waals surface area contributed by atoms with Gasteiger partial charge < -0.3 is 25.6 Å². The molecular formula is C26H24Cl2N4O6S3. The minimum absolute atomic E-state index is 0.00375. The molecular weight excluding hydrogens is 631 g/mol. The highest BCUT2D eigenvalue weighted by molar-refractivity contribution is 8.01. The van der Waals surface area contributed by atoms with E-state index in [1.54, 1.807) is 18.2 Å². The van der Waals surface area contributed by atoms with Gasteiger partial charge in [-0.05, 0) is 23.8 Å². The number of nitrogens with zero attached hydrogens (tertiary/aromatic N) is 2. The van der Waals surface area contributed by atoms with Crippen LogP contribution < -0.4 is 20.3 Å². The fraction of sp³-hybridized carbons (Fsp3) is 0.346. The summed E-state index contributed by atoms with van der Waals surface area (Å²) in [6, 6.07) is 7.27. The minimum atomic E-state index is -1.18. The van der Waals surface area contributed by atoms with Crippen LogP contribution in [-0.4, -0.2) is 75.0 Å². The largest absolute Gasteiger partial charge is 0.548 e. The van der Waals surface area contributed by atoms with Gasteiger partial charge >= 0.3 is 5.97 Å². The molecule has 15 heteroatoms. The van der Waals surface area contributed by atoms with Gasteiger partial charge in [-0.1, -0.05) is 23.2 Å². The number of thioether (sulfide) groups is 3. The Kier molecular flexibility index (Phi) is 9.41. The number of aromatic nitrogens is 1. The number of carbonyl (C=O) groups excluding carboxylic acids is 3. The van der Waals surface area contributed by atoms with Gasteiger partial charge in [-0.25, -0.2) is 9.36 Å². The Morgan fingerprint density at radius 1 is 1.20 bits per heavy atom. The maximum absolute atomic E-state index is 13.0. The molecule has 0 unspecified atom stereocenters. The van der Waals surface area contributed by atoms with Crippen LogP contribution in [-0.2, 0) is 19.2 Å². The van der Waals surface area contributed by atoms with Crippen LogP contribution in [0.2, 0.25) is 10.0 Å². The highest BCUT2D eigenvalue weighted by Crippen LogP contribution is 2.41. The van der Waals surface area contributed by atoms with Gasteiger partial charge in [0.25, 0.3) is 5.91 Å². The Labute approximate surface area is 258 Å². The highest BCUT2D eigenvalue weighted by Gasteiger charge is 2.54. The third-order valence-electron chi connectivity index (χ3n) is 6.87. The van der Waals surface area contributed by atoms with Crippen LogP contribution in [0.5, 0.6) is 0 Å². The van der Waals surface area contributed by atoms with Gasteiger partial charge in [0, 0.05) is 44.9 Å². The number of β-lactam (4-membered cyclic amide) rings is 1. The Morgan fingerprint density at radius 2 is 1.95 bits per heavy atom. The van der Waals surface area contributed by atoms with Crippen LogP contribution >= 0.6 is 58.5 Å². The van der Waals surface area contributed by atoms with Crippen molar-refractivity contribution in [3.63, 3.8) is 0 Å². The predicted molar refractivity (Wildman–Crippen MR) is 155 cm³/mol. The summed E-state index contributed by atoms with van der Waals surface area (Å²) in [5.74, 6) is -2.30. The van der Waals surface area contributed by atoms with E-state index in [-0.39, 0.29) is 23.4 Å². The normalized spacial score (nSPS) is 23.7. The Morgan fingerprint density at radius 3 is 2.63 bits per heavy atom. The summed E-state index contributed by atoms with van der Waals surface area (Å²) in [7, 11) is 0. The molecule has 3 aliphatic rings. The lowest BCUT2D eigenvalue weighted by atomic mass is 10.0. The molecule has 3 N–H and O–H groups in total. The first-order valence-electron chi connectivity index (χ1n) is 12.5. The van der Waals surface area contributed by atoms with E-state index >= 15 is 0 Å². The third kappa shape index (κ3) is 6.65. The molecule has 2 saturated heterocycles. The molecule has 0 spiro atoms. The molecule has 0 saturated carbocycles. The number of amides is 2. The molecule has 0 radical (unpaired) electrons. The quantitative estimate of drug-likeness (QED) is 0.196. The molecule has 4 atom stereocenters. The number of benzene rings is 1. The second-order valence-electron chi connectivity index (χ2n) is 9.51. The topological polar surface area (TPSA) is 143 Å². The van der Waals surface area contributed by atoms with E-state index in [4.69, 9.17) is 23.2 Å². The summed E-state index contributed by atoms with van der Waals surface area (Å²) in [5.41, 5.74) is 0.592. The van der Waals surface area contributed by atoms with Crippen molar-refractivity contribution in [2.45, 2.75) is 39.7 Å². The van der Waals surface area contributed by atoms with Crippen molar-refractivity contribution in [2.24, 2.45) is 0 Å². The van der Waals surface area contributed by atoms with Gasteiger partial charge in [0.05, 0.1) is 29.3 Å². The van der Waals surface area contributed by atoms with Crippen molar-refractivity contribution >= 4 is 82.2 Å². The van der Waals surface area contributed by atoms with Crippen molar-refractivity contribution < 1.29 is 34.0 Å². The second-order valence-corrected chi connectivity index (χ2v) is 13.5. The van der Waals surface area contributed by atoms with Gasteiger partial charge in [-0.15, -0.1) is 35.3 Å². The standard InChI is InChI=1S/C26H24Cl2N4O6S3/c27-14-1-2-17(28)19(7-14)40-12-20(33)30-21-23(34)32-22(26(37)38)13(11-41-24(21)32)10-39-16-3-5-31(6-4-16)15-8-18(25(35)36)29-9-15/h1-7,15,18,21,24,29H,8-12H2,(H2-,30,33,35,36,37,38)/t15-,18-,21+,24+/m0/s1. The highest BCUT2D eigenvalue weighted by atomic mass is 35.5. The van der Waals surface area contributed by atoms with Crippen LogP contribution in [0.25, 0.3) is 0 Å². The zero-order chi connectivity index (χ0) is 29.3. The summed E-state index contributed by atoms with van der Waals surface area (Å²) in [4.78, 5) is 51.6. The molecule has 0 aliphatic carbocycles. The van der Waals surface area contributed by atoms with Crippen LogP contribution in [0.1, 0.15) is 12.5 Å². The first-order valence-corrected chi connectivity index (χ1v) is 16.2. The van der Waals surface area contributed by atoms with Crippen molar-refractivity contribution in [3.8, 4) is 0 Å². The van der Waals surface area contributed by atoms with E-state index in [0.717, 1.165) is 4.90 Å². The van der Waals surface area contributed by atoms with Gasteiger partial charge in [-0.2, -0.15) is 0 Å². The summed E-state index contributed by atoms with van der Waals surface area (Å²) in [6.07, 6.45) is 4.18. The number of hydrogen-bond acceptors (Lipinski definition) is 9. The van der Waals surface area contributed by atoms with Crippen LogP contribution in [0.4, 0.5) is 0 Å². The Balaban J connectivity index is 1.17. The second kappa shape index (κ2) is 12.8. The van der Waals surface area contributed by atoms with Crippen molar-refractivity contribution in [1.82, 2.24) is 15.5 Å². The first-order chi connectivity index (χ1) is 19.6. The van der Waals surface area contributed by atoms with E-state index in [1.165, 1.54) is 40.2 Å². The molecule has 1 aromatic heterocycles. The average molecular weight is 656 g/mol. The van der Waals surface area contributed by atoms with Crippen LogP contribution in [0.15, 0.2) is 63.8 Å². The van der Waals surface area contributed by atoms with Gasteiger partial charge in [-0.3, -0.25) is 14.5 Å². The van der Waals surface area contributed by atoms with E-state index in [2.05, 4.69) is 10.6 Å². The average Bonchev–Trinajstić information content (AvgIpc) is 3.46. The smallest absolute Gasteiger partial charge is 0.352 e. The maximum atomic E-state index is 13.0. The summed E-state index contributed by atoms with van der Waals surface area (Å²) >= 11 is 16.2. The van der Waals surface area contributed by atoms with Crippen LogP contribution in [0.3, 0.4) is 0 Å². The molecule has 0 bridgehead atoms. The zero-order valence-corrected chi connectivity index (χ0v) is 25.2. The number of halogens is 2. The molecule has 5 rings (SSSR count). The summed E-state index contributed by atoms with van der Waals surface area (Å²) < 4.78 is 1.94. The molecule has 216 valence electrons. The number of carboxylic acid groups (broad SMARTS) is 2. The fourth-order valence-corrected chi connectivity index (χ4v) is 8.47. The fourth-order valence-electron chi connectivity index (χ4n) is 4.80. The Hall–Kier alpha value is -2.42. The number of carbonyl (C=O) groups is 4. The van der Waals surface area contributed by atoms with Crippen molar-refractivity contribution in [3.05, 3.63) is 64.0 Å². The van der Waals surface area contributed by atoms with Crippen LogP contribution in [0, 0.1) is 0 Å². The summed E-state index contributed by atoms with van der Waals surface area (Å²) in [5, 5.41) is 27.2. The molecule has 4 heterocycles. The number of fused-ring (bicyclic) bond motifs is 1. The lowest BCUT2D eigenvalue weighted by molar-refractivity contribution is -0.719. The van der Waals surface area contributed by atoms with Gasteiger partial charge in [0.2, 0.25) is 5.91 Å². The van der Waals surface area contributed by atoms with E-state index < -0.39 is 35.3 Å². The van der Waals surface area contributed by atoms with Gasteiger partial charge in [0.15, 0.2) is 18.4 Å². The zero-order valence-electron chi connectivity index (χ0n) is 21.2. The minimum Gasteiger partial charge on any atom is -0.548 e. The van der Waals surface area contributed by atoms with Gasteiger partial charge in [0.1, 0.15) is 17.1 Å². The SMILES string of the molecule is O=C(CSc1cc(Cl)ccc1Cl)N[C@@H]1C(=O)N2C(C(=O)O)=C(CSc3cc[n+]([C@@H]4CN[C@H](C(=O)[O-])C4)cc3)CS[C@H]12. The van der Waals surface area contributed by atoms with E-state index in [0.29, 0.717) is 45.0 Å².